The number of carbonyl (C=O) groups is 2. The molecule has 0 spiro atoms. The minimum Gasteiger partial charge on any atom is -0.481 e. The molecule has 1 amide bonds. The minimum atomic E-state index is -0.818. The summed E-state index contributed by atoms with van der Waals surface area (Å²) in [6, 6.07) is 19.9. The van der Waals surface area contributed by atoms with Gasteiger partial charge in [0.05, 0.1) is 6.04 Å². The van der Waals surface area contributed by atoms with E-state index in [9.17, 15) is 9.59 Å². The van der Waals surface area contributed by atoms with Crippen molar-refractivity contribution in [3.63, 3.8) is 0 Å². The van der Waals surface area contributed by atoms with E-state index in [1.54, 1.807) is 0 Å². The third-order valence-corrected chi connectivity index (χ3v) is 3.86. The van der Waals surface area contributed by atoms with Crippen LogP contribution in [0.25, 0.3) is 0 Å². The second-order valence-corrected chi connectivity index (χ2v) is 5.82. The van der Waals surface area contributed by atoms with Gasteiger partial charge in [-0.1, -0.05) is 60.7 Å². The van der Waals surface area contributed by atoms with Crippen LogP contribution in [0.5, 0.6) is 0 Å². The summed E-state index contributed by atoms with van der Waals surface area (Å²) in [5.74, 6) is -0.855. The standard InChI is InChI=1S/C20H23NO3/c22-19(13-7-8-14-20(23)24)21-18(17-11-5-2-6-12-17)15-16-9-3-1-4-10-16/h1-6,9-12,18H,7-8,13-15H2,(H,21,22)(H,23,24). The average molecular weight is 325 g/mol. The molecular weight excluding hydrogens is 302 g/mol. The molecule has 0 aliphatic carbocycles. The number of rotatable bonds is 9. The van der Waals surface area contributed by atoms with Crippen LogP contribution in [0.3, 0.4) is 0 Å². The molecule has 2 N–H and O–H groups in total. The van der Waals surface area contributed by atoms with Crippen molar-refractivity contribution < 1.29 is 14.7 Å². The SMILES string of the molecule is O=C(O)CCCCC(=O)NC(Cc1ccccc1)c1ccccc1. The number of hydrogen-bond donors (Lipinski definition) is 2. The van der Waals surface area contributed by atoms with Gasteiger partial charge in [-0.3, -0.25) is 9.59 Å². The van der Waals surface area contributed by atoms with Gasteiger partial charge in [-0.2, -0.15) is 0 Å². The lowest BCUT2D eigenvalue weighted by Crippen LogP contribution is -2.29. The Morgan fingerprint density at radius 1 is 0.875 bits per heavy atom. The van der Waals surface area contributed by atoms with Gasteiger partial charge in [-0.15, -0.1) is 0 Å². The van der Waals surface area contributed by atoms with E-state index in [1.807, 2.05) is 48.5 Å². The van der Waals surface area contributed by atoms with E-state index in [1.165, 1.54) is 0 Å². The van der Waals surface area contributed by atoms with Gasteiger partial charge < -0.3 is 10.4 Å². The van der Waals surface area contributed by atoms with Gasteiger partial charge in [0.25, 0.3) is 0 Å². The van der Waals surface area contributed by atoms with Crippen LogP contribution >= 0.6 is 0 Å². The normalized spacial score (nSPS) is 11.7. The van der Waals surface area contributed by atoms with Crippen molar-refractivity contribution in [1.82, 2.24) is 5.32 Å². The first-order valence-electron chi connectivity index (χ1n) is 8.25. The monoisotopic (exact) mass is 325 g/mol. The highest BCUT2D eigenvalue weighted by molar-refractivity contribution is 5.76. The third kappa shape index (κ3) is 6.24. The number of carboxylic acids is 1. The van der Waals surface area contributed by atoms with E-state index < -0.39 is 5.97 Å². The summed E-state index contributed by atoms with van der Waals surface area (Å²) in [6.07, 6.45) is 2.30. The molecule has 0 fully saturated rings. The van der Waals surface area contributed by atoms with Crippen LogP contribution in [0, 0.1) is 0 Å². The van der Waals surface area contributed by atoms with Crippen molar-refractivity contribution in [2.24, 2.45) is 0 Å². The smallest absolute Gasteiger partial charge is 0.303 e. The molecule has 4 nitrogen and oxygen atoms in total. The lowest BCUT2D eigenvalue weighted by molar-refractivity contribution is -0.137. The quantitative estimate of drug-likeness (QED) is 0.690. The van der Waals surface area contributed by atoms with Crippen LogP contribution in [0.1, 0.15) is 42.9 Å². The first-order chi connectivity index (χ1) is 11.6. The van der Waals surface area contributed by atoms with Gasteiger partial charge in [0.15, 0.2) is 0 Å². The Kier molecular flexibility index (Phi) is 7.02. The number of carboxylic acid groups (broad SMARTS) is 1. The highest BCUT2D eigenvalue weighted by Crippen LogP contribution is 2.18. The Morgan fingerprint density at radius 3 is 2.08 bits per heavy atom. The first-order valence-corrected chi connectivity index (χ1v) is 8.25. The lowest BCUT2D eigenvalue weighted by atomic mass is 9.98. The molecule has 0 saturated heterocycles. The summed E-state index contributed by atoms with van der Waals surface area (Å²) in [4.78, 5) is 22.7. The predicted octanol–water partition coefficient (Wildman–Crippen LogP) is 3.73. The molecule has 2 aromatic carbocycles. The zero-order chi connectivity index (χ0) is 17.2. The molecule has 4 heteroatoms. The Hall–Kier alpha value is -2.62. The van der Waals surface area contributed by atoms with Gasteiger partial charge in [-0.05, 0) is 30.4 Å². The number of nitrogens with one attached hydrogen (secondary N) is 1. The van der Waals surface area contributed by atoms with Crippen LogP contribution in [-0.4, -0.2) is 17.0 Å². The summed E-state index contributed by atoms with van der Waals surface area (Å²) in [6.45, 7) is 0. The van der Waals surface area contributed by atoms with Crippen LogP contribution in [0.2, 0.25) is 0 Å². The molecule has 0 bridgehead atoms. The van der Waals surface area contributed by atoms with Crippen molar-refractivity contribution in [3.8, 4) is 0 Å². The summed E-state index contributed by atoms with van der Waals surface area (Å²) in [5, 5.41) is 11.7. The highest BCUT2D eigenvalue weighted by Gasteiger charge is 2.15. The fourth-order valence-corrected chi connectivity index (χ4v) is 2.62. The first kappa shape index (κ1) is 17.7. The topological polar surface area (TPSA) is 66.4 Å². The Labute approximate surface area is 142 Å². The van der Waals surface area contributed by atoms with Crippen molar-refractivity contribution in [2.75, 3.05) is 0 Å². The molecule has 0 radical (unpaired) electrons. The van der Waals surface area contributed by atoms with Gasteiger partial charge in [0, 0.05) is 12.8 Å². The van der Waals surface area contributed by atoms with Gasteiger partial charge in [0.2, 0.25) is 5.91 Å². The molecule has 0 saturated carbocycles. The van der Waals surface area contributed by atoms with Crippen LogP contribution in [0.4, 0.5) is 0 Å². The van der Waals surface area contributed by atoms with E-state index in [2.05, 4.69) is 17.4 Å². The molecule has 126 valence electrons. The number of hydrogen-bond acceptors (Lipinski definition) is 2. The number of amides is 1. The molecule has 1 atom stereocenters. The minimum absolute atomic E-state index is 0.0369. The Bertz CT molecular complexity index is 640. The molecule has 0 aliphatic rings. The Morgan fingerprint density at radius 2 is 1.46 bits per heavy atom. The fourth-order valence-electron chi connectivity index (χ4n) is 2.62. The summed E-state index contributed by atoms with van der Waals surface area (Å²) in [5.41, 5.74) is 2.23. The molecule has 24 heavy (non-hydrogen) atoms. The van der Waals surface area contributed by atoms with E-state index >= 15 is 0 Å². The van der Waals surface area contributed by atoms with Gasteiger partial charge in [0.1, 0.15) is 0 Å². The summed E-state index contributed by atoms with van der Waals surface area (Å²) >= 11 is 0. The van der Waals surface area contributed by atoms with Crippen molar-refractivity contribution in [1.29, 1.82) is 0 Å². The molecule has 0 aromatic heterocycles. The molecule has 2 rings (SSSR count). The van der Waals surface area contributed by atoms with E-state index in [0.717, 1.165) is 17.5 Å². The molecule has 0 aliphatic heterocycles. The largest absolute Gasteiger partial charge is 0.481 e. The summed E-state index contributed by atoms with van der Waals surface area (Å²) in [7, 11) is 0. The Balaban J connectivity index is 1.96. The van der Waals surface area contributed by atoms with E-state index in [4.69, 9.17) is 5.11 Å². The zero-order valence-corrected chi connectivity index (χ0v) is 13.7. The highest BCUT2D eigenvalue weighted by atomic mass is 16.4. The number of aliphatic carboxylic acids is 1. The molecular formula is C20H23NO3. The van der Waals surface area contributed by atoms with E-state index in [-0.39, 0.29) is 18.4 Å². The molecule has 1 unspecified atom stereocenters. The fraction of sp³-hybridized carbons (Fsp3) is 0.300. The second kappa shape index (κ2) is 9.50. The number of unbranched alkanes of at least 4 members (excludes halogenated alkanes) is 1. The predicted molar refractivity (Wildman–Crippen MR) is 93.6 cm³/mol. The molecule has 2 aromatic rings. The van der Waals surface area contributed by atoms with Crippen LogP contribution in [-0.2, 0) is 16.0 Å². The summed E-state index contributed by atoms with van der Waals surface area (Å²) < 4.78 is 0. The number of carbonyl (C=O) groups excluding carboxylic acids is 1. The maximum Gasteiger partial charge on any atom is 0.303 e. The van der Waals surface area contributed by atoms with Crippen molar-refractivity contribution in [2.45, 2.75) is 38.1 Å². The zero-order valence-electron chi connectivity index (χ0n) is 13.7. The maximum absolute atomic E-state index is 12.2. The second-order valence-electron chi connectivity index (χ2n) is 5.82. The lowest BCUT2D eigenvalue weighted by Gasteiger charge is -2.19. The van der Waals surface area contributed by atoms with Gasteiger partial charge >= 0.3 is 5.97 Å². The van der Waals surface area contributed by atoms with Gasteiger partial charge in [-0.25, -0.2) is 0 Å². The van der Waals surface area contributed by atoms with E-state index in [0.29, 0.717) is 19.3 Å². The maximum atomic E-state index is 12.2. The average Bonchev–Trinajstić information content (AvgIpc) is 2.60. The molecule has 0 heterocycles. The van der Waals surface area contributed by atoms with Crippen LogP contribution < -0.4 is 5.32 Å². The van der Waals surface area contributed by atoms with Crippen LogP contribution in [0.15, 0.2) is 60.7 Å². The van der Waals surface area contributed by atoms with Crippen molar-refractivity contribution >= 4 is 11.9 Å². The third-order valence-electron chi connectivity index (χ3n) is 3.86. The number of benzene rings is 2. The van der Waals surface area contributed by atoms with Crippen molar-refractivity contribution in [3.05, 3.63) is 71.8 Å².